The lowest BCUT2D eigenvalue weighted by molar-refractivity contribution is -0.141. The summed E-state index contributed by atoms with van der Waals surface area (Å²) in [7, 11) is 0. The summed E-state index contributed by atoms with van der Waals surface area (Å²) in [6.07, 6.45) is 4.71. The van der Waals surface area contributed by atoms with Crippen LogP contribution in [0.1, 0.15) is 30.5 Å². The number of hydrogen-bond donors (Lipinski definition) is 0. The van der Waals surface area contributed by atoms with Crippen molar-refractivity contribution in [2.24, 2.45) is 5.92 Å². The minimum atomic E-state index is -0.350. The first kappa shape index (κ1) is 17.8. The molecule has 2 aromatic rings. The van der Waals surface area contributed by atoms with Crippen LogP contribution in [0, 0.1) is 12.8 Å². The van der Waals surface area contributed by atoms with Crippen molar-refractivity contribution in [1.82, 2.24) is 14.9 Å². The van der Waals surface area contributed by atoms with Crippen LogP contribution in [0.25, 0.3) is 0 Å². The van der Waals surface area contributed by atoms with Crippen LogP contribution in [0.2, 0.25) is 0 Å². The summed E-state index contributed by atoms with van der Waals surface area (Å²) in [6, 6.07) is 9.83. The summed E-state index contributed by atoms with van der Waals surface area (Å²) in [5.74, 6) is 2.04. The molecule has 0 N–H and O–H groups in total. The van der Waals surface area contributed by atoms with E-state index in [0.717, 1.165) is 50.2 Å². The van der Waals surface area contributed by atoms with E-state index in [2.05, 4.69) is 16.0 Å². The monoisotopic (exact) mass is 367 g/mol. The van der Waals surface area contributed by atoms with Gasteiger partial charge in [-0.25, -0.2) is 9.97 Å². The van der Waals surface area contributed by atoms with Crippen molar-refractivity contribution in [3.05, 3.63) is 47.9 Å². The molecule has 0 bridgehead atoms. The Morgan fingerprint density at radius 3 is 2.85 bits per heavy atom. The highest BCUT2D eigenvalue weighted by atomic mass is 16.5. The Morgan fingerprint density at radius 2 is 2.04 bits per heavy atom. The van der Waals surface area contributed by atoms with E-state index in [0.29, 0.717) is 18.4 Å². The van der Waals surface area contributed by atoms with Crippen LogP contribution in [-0.2, 0) is 11.2 Å². The molecule has 1 saturated heterocycles. The Balaban J connectivity index is 1.26. The third-order valence-electron chi connectivity index (χ3n) is 5.36. The van der Waals surface area contributed by atoms with Crippen LogP contribution in [0.15, 0.2) is 36.7 Å². The minimum absolute atomic E-state index is 0.121. The van der Waals surface area contributed by atoms with Crippen molar-refractivity contribution < 1.29 is 14.3 Å². The molecule has 27 heavy (non-hydrogen) atoms. The number of rotatable bonds is 4. The highest BCUT2D eigenvalue weighted by Crippen LogP contribution is 2.28. The molecular formula is C21H25N3O3. The normalized spacial score (nSPS) is 19.9. The molecule has 0 spiro atoms. The first-order valence-corrected chi connectivity index (χ1v) is 9.64. The number of amides is 1. The molecule has 142 valence electrons. The summed E-state index contributed by atoms with van der Waals surface area (Å²) in [5, 5.41) is 0. The lowest BCUT2D eigenvalue weighted by atomic mass is 9.96. The predicted molar refractivity (Wildman–Crippen MR) is 101 cm³/mol. The number of para-hydroxylation sites is 1. The number of ether oxygens (including phenoxy) is 2. The van der Waals surface area contributed by atoms with Crippen LogP contribution >= 0.6 is 0 Å². The second-order valence-corrected chi connectivity index (χ2v) is 7.33. The Bertz CT molecular complexity index is 803. The summed E-state index contributed by atoms with van der Waals surface area (Å²) < 4.78 is 11.8. The maximum absolute atomic E-state index is 12.8. The largest absolute Gasteiger partial charge is 0.480 e. The standard InChI is InChI=1S/C21H25N3O3/c1-15-12-20(23-14-22-15)26-13-16-8-10-24(11-9-16)21(25)19-7-6-17-4-2-3-5-18(17)27-19/h2-5,12,14,16,19H,6-11,13H2,1H3. The summed E-state index contributed by atoms with van der Waals surface area (Å²) in [6.45, 7) is 4.07. The first-order chi connectivity index (χ1) is 13.2. The van der Waals surface area contributed by atoms with Crippen LogP contribution in [0.4, 0.5) is 0 Å². The third kappa shape index (κ3) is 4.21. The number of likely N-dealkylation sites (tertiary alicyclic amines) is 1. The maximum atomic E-state index is 12.8. The average Bonchev–Trinajstić information content (AvgIpc) is 2.72. The number of carbonyl (C=O) groups is 1. The molecule has 0 radical (unpaired) electrons. The molecule has 2 aliphatic rings. The number of aromatic nitrogens is 2. The topological polar surface area (TPSA) is 64.5 Å². The van der Waals surface area contributed by atoms with Gasteiger partial charge in [0.05, 0.1) is 6.61 Å². The van der Waals surface area contributed by atoms with E-state index < -0.39 is 0 Å². The van der Waals surface area contributed by atoms with Gasteiger partial charge < -0.3 is 14.4 Å². The highest BCUT2D eigenvalue weighted by Gasteiger charge is 2.32. The van der Waals surface area contributed by atoms with Crippen molar-refractivity contribution in [2.75, 3.05) is 19.7 Å². The number of piperidine rings is 1. The van der Waals surface area contributed by atoms with Crippen molar-refractivity contribution in [3.8, 4) is 11.6 Å². The second-order valence-electron chi connectivity index (χ2n) is 7.33. The second kappa shape index (κ2) is 7.94. The zero-order chi connectivity index (χ0) is 18.6. The molecule has 1 aromatic heterocycles. The number of nitrogens with zero attached hydrogens (tertiary/aromatic N) is 3. The van der Waals surface area contributed by atoms with Gasteiger partial charge in [0.1, 0.15) is 12.1 Å². The van der Waals surface area contributed by atoms with E-state index >= 15 is 0 Å². The van der Waals surface area contributed by atoms with Gasteiger partial charge in [-0.3, -0.25) is 4.79 Å². The van der Waals surface area contributed by atoms with Gasteiger partial charge in [-0.15, -0.1) is 0 Å². The number of aryl methyl sites for hydroxylation is 2. The molecule has 6 nitrogen and oxygen atoms in total. The van der Waals surface area contributed by atoms with Gasteiger partial charge in [0.15, 0.2) is 6.10 Å². The van der Waals surface area contributed by atoms with E-state index in [-0.39, 0.29) is 12.0 Å². The third-order valence-corrected chi connectivity index (χ3v) is 5.36. The van der Waals surface area contributed by atoms with Gasteiger partial charge in [-0.2, -0.15) is 0 Å². The molecule has 1 atom stereocenters. The Labute approximate surface area is 159 Å². The van der Waals surface area contributed by atoms with Crippen LogP contribution in [0.5, 0.6) is 11.6 Å². The molecule has 6 heteroatoms. The molecule has 1 amide bonds. The van der Waals surface area contributed by atoms with Gasteiger partial charge >= 0.3 is 0 Å². The molecule has 1 unspecified atom stereocenters. The number of hydrogen-bond acceptors (Lipinski definition) is 5. The predicted octanol–water partition coefficient (Wildman–Crippen LogP) is 2.80. The van der Waals surface area contributed by atoms with Gasteiger partial charge in [0.25, 0.3) is 5.91 Å². The van der Waals surface area contributed by atoms with Crippen LogP contribution in [-0.4, -0.2) is 46.6 Å². The zero-order valence-corrected chi connectivity index (χ0v) is 15.6. The van der Waals surface area contributed by atoms with E-state index in [1.54, 1.807) is 0 Å². The molecule has 1 fully saturated rings. The van der Waals surface area contributed by atoms with E-state index in [1.165, 1.54) is 11.9 Å². The smallest absolute Gasteiger partial charge is 0.263 e. The van der Waals surface area contributed by atoms with E-state index in [1.807, 2.05) is 36.1 Å². The molecule has 0 saturated carbocycles. The Morgan fingerprint density at radius 1 is 1.22 bits per heavy atom. The SMILES string of the molecule is Cc1cc(OCC2CCN(C(=O)C3CCc4ccccc4O3)CC2)ncn1. The molecule has 0 aliphatic carbocycles. The van der Waals surface area contributed by atoms with Crippen molar-refractivity contribution >= 4 is 5.91 Å². The lowest BCUT2D eigenvalue weighted by Gasteiger charge is -2.35. The first-order valence-electron chi connectivity index (χ1n) is 9.64. The van der Waals surface area contributed by atoms with Crippen LogP contribution in [0.3, 0.4) is 0 Å². The fourth-order valence-corrected chi connectivity index (χ4v) is 3.73. The maximum Gasteiger partial charge on any atom is 0.263 e. The van der Waals surface area contributed by atoms with Gasteiger partial charge in [0, 0.05) is 24.8 Å². The van der Waals surface area contributed by atoms with E-state index in [4.69, 9.17) is 9.47 Å². The quantitative estimate of drug-likeness (QED) is 0.831. The summed E-state index contributed by atoms with van der Waals surface area (Å²) in [4.78, 5) is 23.0. The Hall–Kier alpha value is -2.63. The van der Waals surface area contributed by atoms with Gasteiger partial charge in [0.2, 0.25) is 5.88 Å². The summed E-state index contributed by atoms with van der Waals surface area (Å²) in [5.41, 5.74) is 2.09. The fraction of sp³-hybridized carbons (Fsp3) is 0.476. The minimum Gasteiger partial charge on any atom is -0.480 e. The number of carbonyl (C=O) groups excluding carboxylic acids is 1. The average molecular weight is 367 g/mol. The molecule has 4 rings (SSSR count). The van der Waals surface area contributed by atoms with Crippen molar-refractivity contribution in [2.45, 2.75) is 38.7 Å². The van der Waals surface area contributed by atoms with E-state index in [9.17, 15) is 4.79 Å². The van der Waals surface area contributed by atoms with Gasteiger partial charge in [-0.05, 0) is 50.2 Å². The van der Waals surface area contributed by atoms with Crippen LogP contribution < -0.4 is 9.47 Å². The van der Waals surface area contributed by atoms with Crippen molar-refractivity contribution in [1.29, 1.82) is 0 Å². The molecule has 3 heterocycles. The van der Waals surface area contributed by atoms with Gasteiger partial charge in [-0.1, -0.05) is 18.2 Å². The Kier molecular flexibility index (Phi) is 5.23. The highest BCUT2D eigenvalue weighted by molar-refractivity contribution is 5.81. The fourth-order valence-electron chi connectivity index (χ4n) is 3.73. The molecule has 1 aromatic carbocycles. The molecule has 2 aliphatic heterocycles. The number of fused-ring (bicyclic) bond motifs is 1. The molecular weight excluding hydrogens is 342 g/mol. The van der Waals surface area contributed by atoms with Crippen molar-refractivity contribution in [3.63, 3.8) is 0 Å². The lowest BCUT2D eigenvalue weighted by Crippen LogP contribution is -2.47. The zero-order valence-electron chi connectivity index (χ0n) is 15.6. The summed E-state index contributed by atoms with van der Waals surface area (Å²) >= 11 is 0. The number of benzene rings is 1.